The molecule has 1 aromatic carbocycles. The summed E-state index contributed by atoms with van der Waals surface area (Å²) in [7, 11) is 0. The van der Waals surface area contributed by atoms with Crippen molar-refractivity contribution >= 4 is 12.2 Å². The van der Waals surface area contributed by atoms with Crippen molar-refractivity contribution in [3.05, 3.63) is 47.7 Å². The number of carbonyl (C=O) groups excluding carboxylic acids is 1. The summed E-state index contributed by atoms with van der Waals surface area (Å²) in [5.74, 6) is 0. The Morgan fingerprint density at radius 3 is 2.53 bits per heavy atom. The minimum Gasteiger partial charge on any atom is -0.404 e. The molecule has 2 amide bonds. The van der Waals surface area contributed by atoms with Crippen LogP contribution in [0, 0.1) is 0 Å². The third-order valence-corrected chi connectivity index (χ3v) is 1.82. The van der Waals surface area contributed by atoms with Gasteiger partial charge in [-0.2, -0.15) is 0 Å². The molecule has 0 heterocycles. The molecule has 78 valence electrons. The van der Waals surface area contributed by atoms with Crippen LogP contribution in [0.25, 0.3) is 0 Å². The van der Waals surface area contributed by atoms with Crippen molar-refractivity contribution in [1.29, 1.82) is 0 Å². The lowest BCUT2D eigenvalue weighted by Gasteiger charge is -2.00. The Morgan fingerprint density at radius 1 is 1.33 bits per heavy atom. The summed E-state index contributed by atoms with van der Waals surface area (Å²) >= 11 is 0. The van der Waals surface area contributed by atoms with E-state index in [1.165, 1.54) is 12.4 Å². The van der Waals surface area contributed by atoms with Gasteiger partial charge in [-0.15, -0.1) is 0 Å². The van der Waals surface area contributed by atoms with Gasteiger partial charge in [0.1, 0.15) is 0 Å². The summed E-state index contributed by atoms with van der Waals surface area (Å²) in [5.41, 5.74) is 12.1. The van der Waals surface area contributed by atoms with Gasteiger partial charge in [0.05, 0.1) is 0 Å². The van der Waals surface area contributed by atoms with Gasteiger partial charge in [0.15, 0.2) is 0 Å². The lowest BCUT2D eigenvalue weighted by atomic mass is 10.1. The fourth-order valence-corrected chi connectivity index (χ4v) is 1.13. The van der Waals surface area contributed by atoms with Crippen molar-refractivity contribution in [3.8, 4) is 0 Å². The SMILES string of the molecule is NC=C(C=NC(N)=O)Cc1ccccc1. The maximum atomic E-state index is 10.4. The quantitative estimate of drug-likeness (QED) is 0.724. The van der Waals surface area contributed by atoms with E-state index < -0.39 is 6.03 Å². The van der Waals surface area contributed by atoms with Crippen LogP contribution in [0.3, 0.4) is 0 Å². The first-order chi connectivity index (χ1) is 7.22. The van der Waals surface area contributed by atoms with Crippen LogP contribution in [0.1, 0.15) is 5.56 Å². The van der Waals surface area contributed by atoms with Crippen molar-refractivity contribution in [1.82, 2.24) is 0 Å². The average Bonchev–Trinajstić information content (AvgIpc) is 2.25. The van der Waals surface area contributed by atoms with E-state index in [1.807, 2.05) is 30.3 Å². The monoisotopic (exact) mass is 203 g/mol. The molecule has 0 saturated heterocycles. The number of amides is 2. The van der Waals surface area contributed by atoms with Crippen molar-refractivity contribution in [2.75, 3.05) is 0 Å². The van der Waals surface area contributed by atoms with Gasteiger partial charge in [-0.1, -0.05) is 30.3 Å². The van der Waals surface area contributed by atoms with E-state index in [0.717, 1.165) is 11.1 Å². The number of urea groups is 1. The van der Waals surface area contributed by atoms with Crippen LogP contribution in [0.4, 0.5) is 4.79 Å². The predicted octanol–water partition coefficient (Wildman–Crippen LogP) is 1.22. The molecule has 0 aromatic heterocycles. The number of carbonyl (C=O) groups is 1. The molecule has 0 aliphatic heterocycles. The summed E-state index contributed by atoms with van der Waals surface area (Å²) in [5, 5.41) is 0. The minimum absolute atomic E-state index is 0.633. The molecule has 1 rings (SSSR count). The lowest BCUT2D eigenvalue weighted by molar-refractivity contribution is 0.257. The Hall–Kier alpha value is -2.10. The Balaban J connectivity index is 2.68. The Kier molecular flexibility index (Phi) is 4.09. The molecule has 15 heavy (non-hydrogen) atoms. The number of rotatable bonds is 3. The van der Waals surface area contributed by atoms with Crippen LogP contribution in [-0.2, 0) is 6.42 Å². The zero-order valence-corrected chi connectivity index (χ0v) is 8.26. The second-order valence-corrected chi connectivity index (χ2v) is 3.00. The second kappa shape index (κ2) is 5.59. The fourth-order valence-electron chi connectivity index (χ4n) is 1.13. The molecule has 4 N–H and O–H groups in total. The zero-order valence-electron chi connectivity index (χ0n) is 8.26. The average molecular weight is 203 g/mol. The second-order valence-electron chi connectivity index (χ2n) is 3.00. The van der Waals surface area contributed by atoms with Crippen LogP contribution < -0.4 is 11.5 Å². The van der Waals surface area contributed by atoms with E-state index in [1.54, 1.807) is 0 Å². The minimum atomic E-state index is -0.720. The number of nitrogens with zero attached hydrogens (tertiary/aromatic N) is 1. The van der Waals surface area contributed by atoms with E-state index in [4.69, 9.17) is 11.5 Å². The summed E-state index contributed by atoms with van der Waals surface area (Å²) in [4.78, 5) is 13.9. The standard InChI is InChI=1S/C11H13N3O/c12-7-10(8-14-11(13)15)6-9-4-2-1-3-5-9/h1-5,7-8H,6,12H2,(H2,13,15). The van der Waals surface area contributed by atoms with Crippen LogP contribution >= 0.6 is 0 Å². The van der Waals surface area contributed by atoms with Crippen molar-refractivity contribution in [2.45, 2.75) is 6.42 Å². The Bertz CT molecular complexity index is 382. The van der Waals surface area contributed by atoms with Crippen molar-refractivity contribution < 1.29 is 4.79 Å². The molecular weight excluding hydrogens is 190 g/mol. The van der Waals surface area contributed by atoms with Crippen LogP contribution in [0.5, 0.6) is 0 Å². The number of hydrogen-bond donors (Lipinski definition) is 2. The third-order valence-electron chi connectivity index (χ3n) is 1.82. The zero-order chi connectivity index (χ0) is 11.1. The maximum Gasteiger partial charge on any atom is 0.338 e. The summed E-state index contributed by atoms with van der Waals surface area (Å²) in [6.45, 7) is 0. The Labute approximate surface area is 88.3 Å². The molecule has 4 heteroatoms. The molecule has 0 saturated carbocycles. The van der Waals surface area contributed by atoms with E-state index in [-0.39, 0.29) is 0 Å². The van der Waals surface area contributed by atoms with Gasteiger partial charge in [-0.3, -0.25) is 0 Å². The maximum absolute atomic E-state index is 10.4. The lowest BCUT2D eigenvalue weighted by Crippen LogP contribution is -2.05. The molecule has 0 aliphatic rings. The number of allylic oxidation sites excluding steroid dienone is 1. The predicted molar refractivity (Wildman–Crippen MR) is 60.5 cm³/mol. The summed E-state index contributed by atoms with van der Waals surface area (Å²) in [6.07, 6.45) is 3.43. The number of benzene rings is 1. The fraction of sp³-hybridized carbons (Fsp3) is 0.0909. The van der Waals surface area contributed by atoms with E-state index in [2.05, 4.69) is 4.99 Å². The van der Waals surface area contributed by atoms with Crippen molar-refractivity contribution in [3.63, 3.8) is 0 Å². The van der Waals surface area contributed by atoms with Gasteiger partial charge in [-0.05, 0) is 17.3 Å². The molecular formula is C11H13N3O. The number of nitrogens with two attached hydrogens (primary N) is 2. The van der Waals surface area contributed by atoms with Crippen LogP contribution in [0.15, 0.2) is 47.1 Å². The molecule has 0 bridgehead atoms. The summed E-state index contributed by atoms with van der Waals surface area (Å²) in [6, 6.07) is 9.04. The highest BCUT2D eigenvalue weighted by molar-refractivity contribution is 5.90. The molecule has 1 aromatic rings. The van der Waals surface area contributed by atoms with Crippen LogP contribution in [0.2, 0.25) is 0 Å². The molecule has 0 fully saturated rings. The first-order valence-electron chi connectivity index (χ1n) is 4.50. The molecule has 0 unspecified atom stereocenters. The largest absolute Gasteiger partial charge is 0.404 e. The highest BCUT2D eigenvalue weighted by Crippen LogP contribution is 2.05. The molecule has 0 atom stereocenters. The van der Waals surface area contributed by atoms with Gasteiger partial charge in [0.2, 0.25) is 0 Å². The van der Waals surface area contributed by atoms with Gasteiger partial charge in [0, 0.05) is 12.6 Å². The molecule has 0 radical (unpaired) electrons. The van der Waals surface area contributed by atoms with E-state index in [0.29, 0.717) is 6.42 Å². The molecule has 0 spiro atoms. The van der Waals surface area contributed by atoms with E-state index in [9.17, 15) is 4.79 Å². The summed E-state index contributed by atoms with van der Waals surface area (Å²) < 4.78 is 0. The highest BCUT2D eigenvalue weighted by Gasteiger charge is 1.96. The van der Waals surface area contributed by atoms with Crippen molar-refractivity contribution in [2.24, 2.45) is 16.5 Å². The van der Waals surface area contributed by atoms with Gasteiger partial charge >= 0.3 is 6.03 Å². The van der Waals surface area contributed by atoms with Gasteiger partial charge in [-0.25, -0.2) is 9.79 Å². The molecule has 0 aliphatic carbocycles. The van der Waals surface area contributed by atoms with Gasteiger partial charge in [0.25, 0.3) is 0 Å². The topological polar surface area (TPSA) is 81.5 Å². The first kappa shape index (κ1) is 11.0. The van der Waals surface area contributed by atoms with Gasteiger partial charge < -0.3 is 11.5 Å². The normalized spacial score (nSPS) is 11.9. The highest BCUT2D eigenvalue weighted by atomic mass is 16.2. The Morgan fingerprint density at radius 2 is 2.00 bits per heavy atom. The number of primary amides is 1. The third kappa shape index (κ3) is 4.08. The van der Waals surface area contributed by atoms with E-state index >= 15 is 0 Å². The smallest absolute Gasteiger partial charge is 0.338 e. The van der Waals surface area contributed by atoms with Crippen LogP contribution in [-0.4, -0.2) is 12.2 Å². The molecule has 4 nitrogen and oxygen atoms in total. The number of hydrogen-bond acceptors (Lipinski definition) is 2. The first-order valence-corrected chi connectivity index (χ1v) is 4.50. The number of aliphatic imine (C=N–C) groups is 1.